The van der Waals surface area contributed by atoms with E-state index in [9.17, 15) is 4.79 Å². The minimum absolute atomic E-state index is 0.745. The molecular formula is C10H9BrO2. The van der Waals surface area contributed by atoms with E-state index in [0.717, 1.165) is 22.1 Å². The van der Waals surface area contributed by atoms with Gasteiger partial charge in [0.15, 0.2) is 0 Å². The van der Waals surface area contributed by atoms with Crippen LogP contribution in [-0.4, -0.2) is 13.4 Å². The van der Waals surface area contributed by atoms with Gasteiger partial charge in [0.05, 0.1) is 11.6 Å². The maximum atomic E-state index is 10.1. The fraction of sp³-hybridized carbons (Fsp3) is 0.100. The number of allylic oxidation sites excluding steroid dienone is 1. The first-order chi connectivity index (χ1) is 6.27. The monoisotopic (exact) mass is 240 g/mol. The van der Waals surface area contributed by atoms with Gasteiger partial charge in [-0.05, 0) is 39.7 Å². The number of benzene rings is 1. The molecule has 2 nitrogen and oxygen atoms in total. The van der Waals surface area contributed by atoms with Crippen LogP contribution in [0.15, 0.2) is 28.7 Å². The summed E-state index contributed by atoms with van der Waals surface area (Å²) in [5.74, 6) is 0.757. The van der Waals surface area contributed by atoms with Gasteiger partial charge in [-0.25, -0.2) is 0 Å². The summed E-state index contributed by atoms with van der Waals surface area (Å²) in [4.78, 5) is 10.1. The van der Waals surface area contributed by atoms with Crippen molar-refractivity contribution in [3.63, 3.8) is 0 Å². The third kappa shape index (κ3) is 2.70. The van der Waals surface area contributed by atoms with Crippen molar-refractivity contribution < 1.29 is 9.53 Å². The molecule has 0 spiro atoms. The molecule has 1 aromatic carbocycles. The molecule has 1 rings (SSSR count). The Labute approximate surface area is 85.3 Å². The van der Waals surface area contributed by atoms with Crippen molar-refractivity contribution in [3.05, 3.63) is 34.3 Å². The van der Waals surface area contributed by atoms with E-state index in [2.05, 4.69) is 15.9 Å². The number of methoxy groups -OCH3 is 1. The van der Waals surface area contributed by atoms with Crippen LogP contribution >= 0.6 is 15.9 Å². The molecule has 3 heteroatoms. The van der Waals surface area contributed by atoms with Gasteiger partial charge >= 0.3 is 0 Å². The third-order valence-corrected chi connectivity index (χ3v) is 2.20. The molecule has 68 valence electrons. The Balaban J connectivity index is 2.99. The van der Waals surface area contributed by atoms with Crippen LogP contribution in [0.3, 0.4) is 0 Å². The number of ether oxygens (including phenoxy) is 1. The first kappa shape index (κ1) is 9.99. The fourth-order valence-corrected chi connectivity index (χ4v) is 1.34. The molecule has 0 atom stereocenters. The first-order valence-electron chi connectivity index (χ1n) is 3.73. The van der Waals surface area contributed by atoms with Gasteiger partial charge in [-0.15, -0.1) is 0 Å². The summed E-state index contributed by atoms with van der Waals surface area (Å²) in [6.07, 6.45) is 3.92. The van der Waals surface area contributed by atoms with Crippen molar-refractivity contribution in [2.24, 2.45) is 0 Å². The Morgan fingerprint density at radius 3 is 2.85 bits per heavy atom. The van der Waals surface area contributed by atoms with Crippen molar-refractivity contribution in [2.45, 2.75) is 0 Å². The van der Waals surface area contributed by atoms with Gasteiger partial charge < -0.3 is 4.74 Å². The highest BCUT2D eigenvalue weighted by atomic mass is 79.9. The van der Waals surface area contributed by atoms with E-state index in [0.29, 0.717) is 0 Å². The molecule has 0 saturated carbocycles. The molecule has 0 bridgehead atoms. The summed E-state index contributed by atoms with van der Waals surface area (Å²) in [5, 5.41) is 0. The van der Waals surface area contributed by atoms with E-state index in [1.807, 2.05) is 18.2 Å². The Hall–Kier alpha value is -1.09. The normalized spacial score (nSPS) is 10.3. The van der Waals surface area contributed by atoms with Gasteiger partial charge in [0.25, 0.3) is 0 Å². The molecule has 0 fully saturated rings. The molecular weight excluding hydrogens is 232 g/mol. The predicted molar refractivity (Wildman–Crippen MR) is 55.8 cm³/mol. The Morgan fingerprint density at radius 1 is 1.46 bits per heavy atom. The molecule has 13 heavy (non-hydrogen) atoms. The summed E-state index contributed by atoms with van der Waals surface area (Å²) >= 11 is 3.34. The predicted octanol–water partition coefficient (Wildman–Crippen LogP) is 2.67. The zero-order valence-corrected chi connectivity index (χ0v) is 8.74. The summed E-state index contributed by atoms with van der Waals surface area (Å²) in [5.41, 5.74) is 0.937. The second kappa shape index (κ2) is 4.82. The maximum absolute atomic E-state index is 10.1. The maximum Gasteiger partial charge on any atom is 0.142 e. The van der Waals surface area contributed by atoms with Gasteiger partial charge in [0, 0.05) is 0 Å². The van der Waals surface area contributed by atoms with Crippen molar-refractivity contribution >= 4 is 28.3 Å². The third-order valence-electron chi connectivity index (χ3n) is 1.54. The largest absolute Gasteiger partial charge is 0.496 e. The molecule has 0 aromatic heterocycles. The lowest BCUT2D eigenvalue weighted by atomic mass is 10.2. The van der Waals surface area contributed by atoms with E-state index < -0.39 is 0 Å². The Bertz CT molecular complexity index is 332. The molecule has 1 aromatic rings. The van der Waals surface area contributed by atoms with Crippen molar-refractivity contribution in [1.29, 1.82) is 0 Å². The lowest BCUT2D eigenvalue weighted by molar-refractivity contribution is -0.104. The lowest BCUT2D eigenvalue weighted by Crippen LogP contribution is -1.84. The zero-order chi connectivity index (χ0) is 9.68. The first-order valence-corrected chi connectivity index (χ1v) is 4.52. The smallest absolute Gasteiger partial charge is 0.142 e. The molecule has 0 amide bonds. The standard InChI is InChI=1S/C10H9BrO2/c1-13-10-7-8(3-2-6-12)4-5-9(10)11/h2-7H,1H3. The van der Waals surface area contributed by atoms with Crippen LogP contribution in [0.4, 0.5) is 0 Å². The topological polar surface area (TPSA) is 26.3 Å². The van der Waals surface area contributed by atoms with Crippen molar-refractivity contribution in [3.8, 4) is 5.75 Å². The van der Waals surface area contributed by atoms with Crippen LogP contribution in [0.1, 0.15) is 5.56 Å². The van der Waals surface area contributed by atoms with Crippen molar-refractivity contribution in [1.82, 2.24) is 0 Å². The zero-order valence-electron chi connectivity index (χ0n) is 7.16. The number of rotatable bonds is 3. The van der Waals surface area contributed by atoms with Crippen LogP contribution in [0.25, 0.3) is 6.08 Å². The summed E-state index contributed by atoms with van der Waals surface area (Å²) in [6.45, 7) is 0. The van der Waals surface area contributed by atoms with Gasteiger partial charge in [0.2, 0.25) is 0 Å². The SMILES string of the molecule is COc1cc(C=CC=O)ccc1Br. The number of hydrogen-bond donors (Lipinski definition) is 0. The highest BCUT2D eigenvalue weighted by Gasteiger charge is 1.98. The minimum Gasteiger partial charge on any atom is -0.496 e. The number of hydrogen-bond acceptors (Lipinski definition) is 2. The molecule has 0 heterocycles. The number of carbonyl (C=O) groups excluding carboxylic acids is 1. The second-order valence-electron chi connectivity index (χ2n) is 2.39. The van der Waals surface area contributed by atoms with E-state index >= 15 is 0 Å². The van der Waals surface area contributed by atoms with Crippen LogP contribution in [-0.2, 0) is 4.79 Å². The van der Waals surface area contributed by atoms with Crippen LogP contribution in [0.2, 0.25) is 0 Å². The Morgan fingerprint density at radius 2 is 2.23 bits per heavy atom. The van der Waals surface area contributed by atoms with Crippen molar-refractivity contribution in [2.75, 3.05) is 7.11 Å². The molecule has 0 aliphatic rings. The molecule has 0 unspecified atom stereocenters. The molecule has 0 aliphatic carbocycles. The van der Waals surface area contributed by atoms with Gasteiger partial charge in [-0.3, -0.25) is 4.79 Å². The molecule has 0 N–H and O–H groups in total. The fourth-order valence-electron chi connectivity index (χ4n) is 0.930. The van der Waals surface area contributed by atoms with Crippen LogP contribution < -0.4 is 4.74 Å². The van der Waals surface area contributed by atoms with E-state index in [4.69, 9.17) is 4.74 Å². The highest BCUT2D eigenvalue weighted by Crippen LogP contribution is 2.25. The highest BCUT2D eigenvalue weighted by molar-refractivity contribution is 9.10. The minimum atomic E-state index is 0.745. The van der Waals surface area contributed by atoms with E-state index in [-0.39, 0.29) is 0 Å². The molecule has 0 saturated heterocycles. The molecule has 0 aliphatic heterocycles. The van der Waals surface area contributed by atoms with E-state index in [1.54, 1.807) is 13.2 Å². The quantitative estimate of drug-likeness (QED) is 0.600. The summed E-state index contributed by atoms with van der Waals surface area (Å²) in [6, 6.07) is 5.62. The lowest BCUT2D eigenvalue weighted by Gasteiger charge is -2.03. The summed E-state index contributed by atoms with van der Waals surface area (Å²) in [7, 11) is 1.60. The van der Waals surface area contributed by atoms with Gasteiger partial charge in [-0.1, -0.05) is 12.1 Å². The van der Waals surface area contributed by atoms with Gasteiger partial charge in [-0.2, -0.15) is 0 Å². The van der Waals surface area contributed by atoms with Crippen LogP contribution in [0.5, 0.6) is 5.75 Å². The van der Waals surface area contributed by atoms with Gasteiger partial charge in [0.1, 0.15) is 12.0 Å². The molecule has 0 radical (unpaired) electrons. The second-order valence-corrected chi connectivity index (χ2v) is 3.24. The van der Waals surface area contributed by atoms with E-state index in [1.165, 1.54) is 6.08 Å². The number of aldehydes is 1. The summed E-state index contributed by atoms with van der Waals surface area (Å²) < 4.78 is 6.00. The average molecular weight is 241 g/mol. The number of carbonyl (C=O) groups is 1. The Kier molecular flexibility index (Phi) is 3.71. The average Bonchev–Trinajstić information content (AvgIpc) is 2.16. The van der Waals surface area contributed by atoms with Crippen LogP contribution in [0, 0.1) is 0 Å². The number of halogens is 1.